The number of carbonyl (C=O) groups excluding carboxylic acids is 2. The average molecular weight is 417 g/mol. The van der Waals surface area contributed by atoms with Crippen LogP contribution in [0.1, 0.15) is 35.7 Å². The van der Waals surface area contributed by atoms with Gasteiger partial charge in [0.15, 0.2) is 0 Å². The Hall–Kier alpha value is -1.98. The van der Waals surface area contributed by atoms with Gasteiger partial charge in [0.05, 0.1) is 5.75 Å². The second-order valence-corrected chi connectivity index (χ2v) is 8.67. The molecule has 2 amide bonds. The number of benzene rings is 2. The van der Waals surface area contributed by atoms with Crippen molar-refractivity contribution in [2.45, 2.75) is 25.5 Å². The Morgan fingerprint density at radius 1 is 1.14 bits per heavy atom. The van der Waals surface area contributed by atoms with E-state index in [1.54, 1.807) is 36.0 Å². The molecule has 4 nitrogen and oxygen atoms in total. The number of hydrogen-bond donors (Lipinski definition) is 1. The quantitative estimate of drug-likeness (QED) is 0.713. The molecule has 1 heterocycles. The first-order valence-corrected chi connectivity index (χ1v) is 11.1. The second-order valence-electron chi connectivity index (χ2n) is 7.24. The molecular formula is C22H25ClN2O2S. The molecule has 0 saturated carbocycles. The highest BCUT2D eigenvalue weighted by molar-refractivity contribution is 7.99. The summed E-state index contributed by atoms with van der Waals surface area (Å²) >= 11 is 7.39. The van der Waals surface area contributed by atoms with Crippen LogP contribution in [0.5, 0.6) is 0 Å². The highest BCUT2D eigenvalue weighted by Crippen LogP contribution is 2.20. The summed E-state index contributed by atoms with van der Waals surface area (Å²) in [6.07, 6.45) is 2.28. The molecule has 1 aliphatic rings. The largest absolute Gasteiger partial charge is 0.338 e. The van der Waals surface area contributed by atoms with Crippen LogP contribution in [0.15, 0.2) is 48.5 Å². The first kappa shape index (κ1) is 20.7. The van der Waals surface area contributed by atoms with E-state index in [1.807, 2.05) is 29.2 Å². The number of piperidine rings is 1. The molecule has 2 aromatic rings. The lowest BCUT2D eigenvalue weighted by Crippen LogP contribution is -2.39. The van der Waals surface area contributed by atoms with Crippen molar-refractivity contribution in [1.29, 1.82) is 0 Å². The van der Waals surface area contributed by atoms with Crippen LogP contribution < -0.4 is 5.32 Å². The Balaban J connectivity index is 1.44. The summed E-state index contributed by atoms with van der Waals surface area (Å²) < 4.78 is 0. The minimum atomic E-state index is -0.0432. The summed E-state index contributed by atoms with van der Waals surface area (Å²) in [5.41, 5.74) is 2.58. The smallest absolute Gasteiger partial charge is 0.253 e. The topological polar surface area (TPSA) is 49.4 Å². The van der Waals surface area contributed by atoms with Crippen molar-refractivity contribution >= 4 is 40.9 Å². The molecule has 3 rings (SSSR count). The Bertz CT molecular complexity index is 808. The number of amides is 2. The molecule has 6 heteroatoms. The zero-order valence-electron chi connectivity index (χ0n) is 16.0. The predicted octanol–water partition coefficient (Wildman–Crippen LogP) is 5.08. The number of rotatable bonds is 6. The fourth-order valence-corrected chi connectivity index (χ4v) is 4.21. The lowest BCUT2D eigenvalue weighted by Gasteiger charge is -2.31. The average Bonchev–Trinajstić information content (AvgIpc) is 2.70. The lowest BCUT2D eigenvalue weighted by atomic mass is 9.99. The zero-order chi connectivity index (χ0) is 19.9. The highest BCUT2D eigenvalue weighted by atomic mass is 35.5. The zero-order valence-corrected chi connectivity index (χ0v) is 17.6. The van der Waals surface area contributed by atoms with Gasteiger partial charge in [-0.1, -0.05) is 30.7 Å². The molecule has 1 saturated heterocycles. The number of nitrogens with one attached hydrogen (secondary N) is 1. The first-order valence-electron chi connectivity index (χ1n) is 9.52. The van der Waals surface area contributed by atoms with Gasteiger partial charge in [0.25, 0.3) is 5.91 Å². The second kappa shape index (κ2) is 9.99. The van der Waals surface area contributed by atoms with E-state index >= 15 is 0 Å². The van der Waals surface area contributed by atoms with Crippen LogP contribution in [0.25, 0.3) is 0 Å². The molecule has 0 aliphatic carbocycles. The SMILES string of the molecule is CC1CCCN(C(=O)c2ccc(CSCC(=O)Nc3ccc(Cl)cc3)cc2)C1. The van der Waals surface area contributed by atoms with E-state index in [-0.39, 0.29) is 11.8 Å². The first-order chi connectivity index (χ1) is 13.5. The molecular weight excluding hydrogens is 392 g/mol. The van der Waals surface area contributed by atoms with Crippen molar-refractivity contribution in [3.05, 3.63) is 64.7 Å². The number of anilines is 1. The third-order valence-corrected chi connectivity index (χ3v) is 6.03. The molecule has 1 fully saturated rings. The predicted molar refractivity (Wildman–Crippen MR) is 117 cm³/mol. The molecule has 1 unspecified atom stereocenters. The van der Waals surface area contributed by atoms with Gasteiger partial charge in [0, 0.05) is 35.1 Å². The monoisotopic (exact) mass is 416 g/mol. The van der Waals surface area contributed by atoms with E-state index in [2.05, 4.69) is 12.2 Å². The van der Waals surface area contributed by atoms with Crippen LogP contribution >= 0.6 is 23.4 Å². The van der Waals surface area contributed by atoms with Crippen LogP contribution in [-0.2, 0) is 10.5 Å². The van der Waals surface area contributed by atoms with Gasteiger partial charge in [0.1, 0.15) is 0 Å². The van der Waals surface area contributed by atoms with Crippen molar-refractivity contribution < 1.29 is 9.59 Å². The number of halogens is 1. The summed E-state index contributed by atoms with van der Waals surface area (Å²) in [7, 11) is 0. The normalized spacial score (nSPS) is 16.6. The van der Waals surface area contributed by atoms with Gasteiger partial charge >= 0.3 is 0 Å². The fraction of sp³-hybridized carbons (Fsp3) is 0.364. The summed E-state index contributed by atoms with van der Waals surface area (Å²) in [5.74, 6) is 1.75. The van der Waals surface area contributed by atoms with Gasteiger partial charge in [-0.15, -0.1) is 11.8 Å². The highest BCUT2D eigenvalue weighted by Gasteiger charge is 2.21. The Morgan fingerprint density at radius 2 is 1.86 bits per heavy atom. The molecule has 1 atom stereocenters. The van der Waals surface area contributed by atoms with Gasteiger partial charge in [0.2, 0.25) is 5.91 Å². The van der Waals surface area contributed by atoms with E-state index in [0.29, 0.717) is 16.7 Å². The van der Waals surface area contributed by atoms with Crippen LogP contribution in [0.4, 0.5) is 5.69 Å². The van der Waals surface area contributed by atoms with Gasteiger partial charge in [-0.05, 0) is 60.7 Å². The standard InChI is InChI=1S/C22H25ClN2O2S/c1-16-3-2-12-25(13-16)22(27)18-6-4-17(5-7-18)14-28-15-21(26)24-20-10-8-19(23)9-11-20/h4-11,16H,2-3,12-15H2,1H3,(H,24,26). The molecule has 148 valence electrons. The van der Waals surface area contributed by atoms with Gasteiger partial charge in [-0.3, -0.25) is 9.59 Å². The summed E-state index contributed by atoms with van der Waals surface area (Å²) in [6.45, 7) is 3.89. The van der Waals surface area contributed by atoms with Crippen LogP contribution in [-0.4, -0.2) is 35.6 Å². The van der Waals surface area contributed by atoms with Crippen molar-refractivity contribution in [1.82, 2.24) is 4.90 Å². The Kier molecular flexibility index (Phi) is 7.40. The molecule has 0 radical (unpaired) electrons. The summed E-state index contributed by atoms with van der Waals surface area (Å²) in [4.78, 5) is 26.6. The third-order valence-electron chi connectivity index (χ3n) is 4.77. The van der Waals surface area contributed by atoms with Gasteiger partial charge in [-0.2, -0.15) is 0 Å². The molecule has 2 aromatic carbocycles. The van der Waals surface area contributed by atoms with E-state index in [4.69, 9.17) is 11.6 Å². The fourth-order valence-electron chi connectivity index (χ4n) is 3.29. The number of carbonyl (C=O) groups is 2. The van der Waals surface area contributed by atoms with Crippen molar-refractivity contribution in [2.24, 2.45) is 5.92 Å². The van der Waals surface area contributed by atoms with Crippen molar-refractivity contribution in [3.8, 4) is 0 Å². The maximum Gasteiger partial charge on any atom is 0.253 e. The number of thioether (sulfide) groups is 1. The van der Waals surface area contributed by atoms with Gasteiger partial charge < -0.3 is 10.2 Å². The summed E-state index contributed by atoms with van der Waals surface area (Å²) in [5, 5.41) is 3.49. The van der Waals surface area contributed by atoms with E-state index in [9.17, 15) is 9.59 Å². The molecule has 28 heavy (non-hydrogen) atoms. The molecule has 0 spiro atoms. The van der Waals surface area contributed by atoms with E-state index in [1.165, 1.54) is 6.42 Å². The van der Waals surface area contributed by atoms with Crippen molar-refractivity contribution in [3.63, 3.8) is 0 Å². The van der Waals surface area contributed by atoms with Gasteiger partial charge in [-0.25, -0.2) is 0 Å². The molecule has 0 aromatic heterocycles. The molecule has 1 aliphatic heterocycles. The van der Waals surface area contributed by atoms with Crippen molar-refractivity contribution in [2.75, 3.05) is 24.2 Å². The lowest BCUT2D eigenvalue weighted by molar-refractivity contribution is -0.113. The summed E-state index contributed by atoms with van der Waals surface area (Å²) in [6, 6.07) is 14.8. The van der Waals surface area contributed by atoms with E-state index < -0.39 is 0 Å². The number of nitrogens with zero attached hydrogens (tertiary/aromatic N) is 1. The number of likely N-dealkylation sites (tertiary alicyclic amines) is 1. The Labute approximate surface area is 175 Å². The van der Waals surface area contributed by atoms with E-state index in [0.717, 1.165) is 42.1 Å². The maximum atomic E-state index is 12.6. The van der Waals surface area contributed by atoms with Crippen LogP contribution in [0, 0.1) is 5.92 Å². The van der Waals surface area contributed by atoms with Crippen LogP contribution in [0.2, 0.25) is 5.02 Å². The number of hydrogen-bond acceptors (Lipinski definition) is 3. The minimum Gasteiger partial charge on any atom is -0.338 e. The Morgan fingerprint density at radius 3 is 2.54 bits per heavy atom. The minimum absolute atomic E-state index is 0.0432. The van der Waals surface area contributed by atoms with Crippen LogP contribution in [0.3, 0.4) is 0 Å². The maximum absolute atomic E-state index is 12.6. The molecule has 0 bridgehead atoms. The third kappa shape index (κ3) is 6.01. The molecule has 1 N–H and O–H groups in total.